The van der Waals surface area contributed by atoms with E-state index in [1.54, 1.807) is 0 Å². The van der Waals surface area contributed by atoms with E-state index in [2.05, 4.69) is 5.32 Å². The maximum Gasteiger partial charge on any atom is 0.310 e. The topological polar surface area (TPSA) is 102 Å². The second-order valence-corrected chi connectivity index (χ2v) is 5.11. The molecule has 0 bridgehead atoms. The molecule has 1 rings (SSSR count). The number of nitrogens with one attached hydrogen (secondary N) is 1. The Hall–Kier alpha value is -2.15. The van der Waals surface area contributed by atoms with Crippen molar-refractivity contribution in [1.29, 1.82) is 0 Å². The van der Waals surface area contributed by atoms with Crippen LogP contribution < -0.4 is 10.1 Å². The molecule has 0 aliphatic carbocycles. The maximum atomic E-state index is 11.7. The summed E-state index contributed by atoms with van der Waals surface area (Å²) in [4.78, 5) is 22.0. The van der Waals surface area contributed by atoms with Gasteiger partial charge in [-0.1, -0.05) is 13.8 Å². The average molecular weight is 296 g/mol. The fourth-order valence-corrected chi connectivity index (χ4v) is 1.53. The lowest BCUT2D eigenvalue weighted by molar-refractivity contribution is -0.385. The molecule has 1 aromatic rings. The molecule has 0 fully saturated rings. The number of aliphatic hydroxyl groups excluding tert-OH is 1. The molecule has 21 heavy (non-hydrogen) atoms. The highest BCUT2D eigenvalue weighted by Gasteiger charge is 2.17. The van der Waals surface area contributed by atoms with Gasteiger partial charge in [-0.3, -0.25) is 14.9 Å². The van der Waals surface area contributed by atoms with Gasteiger partial charge in [-0.15, -0.1) is 0 Å². The monoisotopic (exact) mass is 296 g/mol. The van der Waals surface area contributed by atoms with Gasteiger partial charge in [-0.25, -0.2) is 0 Å². The first-order valence-electron chi connectivity index (χ1n) is 6.65. The second kappa shape index (κ2) is 7.58. The number of aliphatic hydroxyl groups is 1. The zero-order chi connectivity index (χ0) is 16.0. The van der Waals surface area contributed by atoms with Crippen molar-refractivity contribution in [2.24, 2.45) is 5.92 Å². The third-order valence-electron chi connectivity index (χ3n) is 3.15. The van der Waals surface area contributed by atoms with Crippen LogP contribution >= 0.6 is 0 Å². The van der Waals surface area contributed by atoms with E-state index in [4.69, 9.17) is 9.84 Å². The van der Waals surface area contributed by atoms with Gasteiger partial charge in [0.05, 0.1) is 11.5 Å². The summed E-state index contributed by atoms with van der Waals surface area (Å²) in [5.74, 6) is -0.0974. The van der Waals surface area contributed by atoms with E-state index in [1.165, 1.54) is 18.2 Å². The van der Waals surface area contributed by atoms with Crippen LogP contribution in [0.25, 0.3) is 0 Å². The predicted octanol–water partition coefficient (Wildman–Crippen LogP) is 1.63. The molecule has 1 aromatic carbocycles. The van der Waals surface area contributed by atoms with Crippen molar-refractivity contribution in [3.8, 4) is 5.75 Å². The number of nitrogens with zero attached hydrogens (tertiary/aromatic N) is 1. The van der Waals surface area contributed by atoms with Crippen molar-refractivity contribution in [3.63, 3.8) is 0 Å². The molecule has 0 aliphatic rings. The van der Waals surface area contributed by atoms with Crippen LogP contribution in [0.15, 0.2) is 18.2 Å². The van der Waals surface area contributed by atoms with E-state index in [0.717, 1.165) is 0 Å². The predicted molar refractivity (Wildman–Crippen MR) is 77.0 cm³/mol. The summed E-state index contributed by atoms with van der Waals surface area (Å²) in [5, 5.41) is 22.7. The largest absolute Gasteiger partial charge is 0.477 e. The van der Waals surface area contributed by atoms with Crippen molar-refractivity contribution in [2.45, 2.75) is 33.4 Å². The number of hydrogen-bond acceptors (Lipinski definition) is 5. The Labute approximate surface area is 123 Å². The van der Waals surface area contributed by atoms with Gasteiger partial charge in [0, 0.05) is 12.1 Å². The Morgan fingerprint density at radius 2 is 2.10 bits per heavy atom. The molecule has 116 valence electrons. The first-order valence-corrected chi connectivity index (χ1v) is 6.65. The van der Waals surface area contributed by atoms with Crippen LogP contribution in [0.3, 0.4) is 0 Å². The minimum atomic E-state index is -0.592. The SMILES string of the molecule is CC(C)C(C)NC(=O)COc1cc(CO)ccc1[N+](=O)[O-]. The van der Waals surface area contributed by atoms with Crippen LogP contribution in [0.5, 0.6) is 5.75 Å². The zero-order valence-electron chi connectivity index (χ0n) is 12.3. The van der Waals surface area contributed by atoms with E-state index in [1.807, 2.05) is 20.8 Å². The highest BCUT2D eigenvalue weighted by atomic mass is 16.6. The van der Waals surface area contributed by atoms with Crippen LogP contribution in [0, 0.1) is 16.0 Å². The Morgan fingerprint density at radius 1 is 1.43 bits per heavy atom. The summed E-state index contributed by atoms with van der Waals surface area (Å²) in [6, 6.07) is 4.03. The molecular formula is C14H20N2O5. The molecule has 7 heteroatoms. The normalized spacial score (nSPS) is 12.0. The molecule has 0 saturated carbocycles. The highest BCUT2D eigenvalue weighted by Crippen LogP contribution is 2.27. The number of benzene rings is 1. The standard InChI is InChI=1S/C14H20N2O5/c1-9(2)10(3)15-14(18)8-21-13-6-11(7-17)4-5-12(13)16(19)20/h4-6,9-10,17H,7-8H2,1-3H3,(H,15,18). The number of rotatable bonds is 7. The molecule has 0 aliphatic heterocycles. The lowest BCUT2D eigenvalue weighted by Gasteiger charge is -2.17. The third kappa shape index (κ3) is 5.03. The fourth-order valence-electron chi connectivity index (χ4n) is 1.53. The van der Waals surface area contributed by atoms with E-state index in [0.29, 0.717) is 5.56 Å². The van der Waals surface area contributed by atoms with Gasteiger partial charge in [-0.05, 0) is 30.5 Å². The molecule has 0 aromatic heterocycles. The third-order valence-corrected chi connectivity index (χ3v) is 3.15. The Morgan fingerprint density at radius 3 is 2.62 bits per heavy atom. The van der Waals surface area contributed by atoms with E-state index >= 15 is 0 Å². The Balaban J connectivity index is 2.73. The van der Waals surface area contributed by atoms with Crippen molar-refractivity contribution < 1.29 is 19.6 Å². The van der Waals surface area contributed by atoms with Crippen LogP contribution in [0.4, 0.5) is 5.69 Å². The zero-order valence-corrected chi connectivity index (χ0v) is 12.3. The first-order chi connectivity index (χ1) is 9.85. The van der Waals surface area contributed by atoms with Crippen LogP contribution in [-0.4, -0.2) is 28.6 Å². The minimum Gasteiger partial charge on any atom is -0.477 e. The minimum absolute atomic E-state index is 0.0140. The molecule has 1 amide bonds. The Kier molecular flexibility index (Phi) is 6.10. The molecule has 1 unspecified atom stereocenters. The maximum absolute atomic E-state index is 11.7. The second-order valence-electron chi connectivity index (χ2n) is 5.11. The number of carbonyl (C=O) groups excluding carboxylic acids is 1. The van der Waals surface area contributed by atoms with Gasteiger partial charge in [0.1, 0.15) is 0 Å². The molecule has 2 N–H and O–H groups in total. The summed E-state index contributed by atoms with van der Waals surface area (Å²) in [6.07, 6.45) is 0. The highest BCUT2D eigenvalue weighted by molar-refractivity contribution is 5.78. The van der Waals surface area contributed by atoms with Gasteiger partial charge >= 0.3 is 5.69 Å². The van der Waals surface area contributed by atoms with E-state index in [9.17, 15) is 14.9 Å². The van der Waals surface area contributed by atoms with Crippen molar-refractivity contribution >= 4 is 11.6 Å². The van der Waals surface area contributed by atoms with Crippen LogP contribution in [-0.2, 0) is 11.4 Å². The number of ether oxygens (including phenoxy) is 1. The van der Waals surface area contributed by atoms with Crippen molar-refractivity contribution in [3.05, 3.63) is 33.9 Å². The number of nitro benzene ring substituents is 1. The smallest absolute Gasteiger partial charge is 0.310 e. The van der Waals surface area contributed by atoms with Crippen LogP contribution in [0.2, 0.25) is 0 Å². The molecular weight excluding hydrogens is 276 g/mol. The molecule has 0 saturated heterocycles. The van der Waals surface area contributed by atoms with Crippen molar-refractivity contribution in [1.82, 2.24) is 5.32 Å². The quantitative estimate of drug-likeness (QED) is 0.588. The first kappa shape index (κ1) is 16.9. The molecule has 0 spiro atoms. The summed E-state index contributed by atoms with van der Waals surface area (Å²) < 4.78 is 5.22. The van der Waals surface area contributed by atoms with Gasteiger partial charge in [0.15, 0.2) is 12.4 Å². The van der Waals surface area contributed by atoms with E-state index < -0.39 is 4.92 Å². The number of amides is 1. The van der Waals surface area contributed by atoms with Gasteiger partial charge < -0.3 is 15.2 Å². The van der Waals surface area contributed by atoms with E-state index in [-0.39, 0.29) is 42.5 Å². The molecule has 7 nitrogen and oxygen atoms in total. The summed E-state index contributed by atoms with van der Waals surface area (Å²) >= 11 is 0. The van der Waals surface area contributed by atoms with Crippen LogP contribution in [0.1, 0.15) is 26.3 Å². The van der Waals surface area contributed by atoms with Gasteiger partial charge in [0.2, 0.25) is 0 Å². The number of carbonyl (C=O) groups is 1. The lowest BCUT2D eigenvalue weighted by Crippen LogP contribution is -2.39. The fraction of sp³-hybridized carbons (Fsp3) is 0.500. The summed E-state index contributed by atoms with van der Waals surface area (Å²) in [6.45, 7) is 5.25. The number of nitro groups is 1. The molecule has 1 atom stereocenters. The summed E-state index contributed by atoms with van der Waals surface area (Å²) in [7, 11) is 0. The molecule has 0 heterocycles. The Bertz CT molecular complexity index is 516. The van der Waals surface area contributed by atoms with Crippen molar-refractivity contribution in [2.75, 3.05) is 6.61 Å². The van der Waals surface area contributed by atoms with Gasteiger partial charge in [-0.2, -0.15) is 0 Å². The lowest BCUT2D eigenvalue weighted by atomic mass is 10.1. The van der Waals surface area contributed by atoms with Gasteiger partial charge in [0.25, 0.3) is 5.91 Å². The molecule has 0 radical (unpaired) electrons. The number of hydrogen-bond donors (Lipinski definition) is 2. The average Bonchev–Trinajstić information content (AvgIpc) is 2.44. The summed E-state index contributed by atoms with van der Waals surface area (Å²) in [5.41, 5.74) is 0.239.